The van der Waals surface area contributed by atoms with Gasteiger partial charge >= 0.3 is 17.9 Å². The van der Waals surface area contributed by atoms with Crippen molar-refractivity contribution in [2.45, 2.75) is 19.4 Å². The number of rotatable bonds is 12. The molecule has 0 spiro atoms. The summed E-state index contributed by atoms with van der Waals surface area (Å²) in [6.07, 6.45) is 0. The van der Waals surface area contributed by atoms with Crippen LogP contribution in [0.1, 0.15) is 58.9 Å². The lowest BCUT2D eigenvalue weighted by molar-refractivity contribution is 0.0251. The zero-order valence-electron chi connectivity index (χ0n) is 31.0. The Balaban J connectivity index is 1.35. The highest BCUT2D eigenvalue weighted by molar-refractivity contribution is 5.97. The van der Waals surface area contributed by atoms with Gasteiger partial charge in [-0.25, -0.2) is 14.4 Å². The van der Waals surface area contributed by atoms with E-state index in [4.69, 9.17) is 42.6 Å². The molecule has 1 aliphatic rings. The highest BCUT2D eigenvalue weighted by Crippen LogP contribution is 2.49. The van der Waals surface area contributed by atoms with E-state index in [1.807, 2.05) is 12.1 Å². The van der Waals surface area contributed by atoms with Gasteiger partial charge in [0.05, 0.1) is 59.3 Å². The number of benzene rings is 5. The number of methoxy groups -OCH3 is 6. The number of carbonyl (C=O) groups is 3. The van der Waals surface area contributed by atoms with E-state index < -0.39 is 23.5 Å². The Morgan fingerprint density at radius 2 is 0.926 bits per heavy atom. The average molecular weight is 735 g/mol. The Labute approximate surface area is 312 Å². The van der Waals surface area contributed by atoms with Gasteiger partial charge in [-0.1, -0.05) is 30.3 Å². The molecule has 0 bridgehead atoms. The van der Waals surface area contributed by atoms with Gasteiger partial charge in [-0.05, 0) is 79.6 Å². The van der Waals surface area contributed by atoms with Gasteiger partial charge in [-0.15, -0.1) is 0 Å². The van der Waals surface area contributed by atoms with Crippen molar-refractivity contribution in [1.82, 2.24) is 0 Å². The normalized spacial score (nSPS) is 12.6. The summed E-state index contributed by atoms with van der Waals surface area (Å²) < 4.78 is 50.3. The zero-order valence-corrected chi connectivity index (χ0v) is 31.0. The van der Waals surface area contributed by atoms with E-state index in [1.165, 1.54) is 66.9 Å². The molecule has 0 N–H and O–H groups in total. The molecular weight excluding hydrogens is 696 g/mol. The van der Waals surface area contributed by atoms with Crippen molar-refractivity contribution in [3.63, 3.8) is 0 Å². The Kier molecular flexibility index (Phi) is 10.4. The molecule has 0 aromatic heterocycles. The molecule has 54 heavy (non-hydrogen) atoms. The fraction of sp³-hybridized carbons (Fsp3) is 0.214. The maximum absolute atomic E-state index is 13.4. The van der Waals surface area contributed by atoms with E-state index in [2.05, 4.69) is 0 Å². The minimum absolute atomic E-state index is 0.185. The molecule has 0 radical (unpaired) electrons. The lowest BCUT2D eigenvalue weighted by Gasteiger charge is -2.31. The summed E-state index contributed by atoms with van der Waals surface area (Å²) in [5.74, 6) is 0.668. The fourth-order valence-electron chi connectivity index (χ4n) is 6.49. The number of hydrogen-bond acceptors (Lipinski definition) is 12. The second-order valence-electron chi connectivity index (χ2n) is 12.2. The molecule has 5 aromatic rings. The Morgan fingerprint density at radius 1 is 0.519 bits per heavy atom. The second-order valence-corrected chi connectivity index (χ2v) is 12.2. The minimum atomic E-state index is -1.39. The van der Waals surface area contributed by atoms with E-state index in [0.29, 0.717) is 67.9 Å². The first-order valence-corrected chi connectivity index (χ1v) is 16.6. The standard InChI is InChI=1S/C42H38O12/c1-23-17-27(13-15-31(23)52-39(43)25-19-33(46-3)37(50-7)34(20-25)47-4)42(30-12-10-9-11-29(30)41(45)54-42)28-14-16-32(24(2)18-28)53-40(44)26-21-35(48-5)38(51-8)36(22-26)49-6/h9-22H,1-8H3. The number of cyclic esters (lactones) is 1. The van der Waals surface area contributed by atoms with Gasteiger partial charge in [0.15, 0.2) is 28.6 Å². The lowest BCUT2D eigenvalue weighted by atomic mass is 9.79. The first-order chi connectivity index (χ1) is 26.0. The summed E-state index contributed by atoms with van der Waals surface area (Å²) in [5.41, 5.74) is 2.42. The number of esters is 3. The third kappa shape index (κ3) is 6.46. The van der Waals surface area contributed by atoms with Crippen LogP contribution >= 0.6 is 0 Å². The van der Waals surface area contributed by atoms with Gasteiger partial charge in [0.2, 0.25) is 11.5 Å². The number of hydrogen-bond donors (Lipinski definition) is 0. The number of carbonyl (C=O) groups excluding carboxylic acids is 3. The molecule has 0 saturated heterocycles. The van der Waals surface area contributed by atoms with Crippen LogP contribution in [0.3, 0.4) is 0 Å². The van der Waals surface area contributed by atoms with Crippen molar-refractivity contribution in [2.75, 3.05) is 42.7 Å². The Hall–Kier alpha value is -6.69. The van der Waals surface area contributed by atoms with E-state index >= 15 is 0 Å². The molecule has 6 rings (SSSR count). The first kappa shape index (κ1) is 37.1. The smallest absolute Gasteiger partial charge is 0.343 e. The SMILES string of the molecule is COc1cc(C(=O)Oc2ccc(C3(c4ccc(OC(=O)c5cc(OC)c(OC)c(OC)c5)c(C)c4)OC(=O)c4ccccc43)cc2C)cc(OC)c1OC. The predicted octanol–water partition coefficient (Wildman–Crippen LogP) is 7.26. The maximum Gasteiger partial charge on any atom is 0.343 e. The van der Waals surface area contributed by atoms with Gasteiger partial charge in [0.1, 0.15) is 11.5 Å². The largest absolute Gasteiger partial charge is 0.493 e. The van der Waals surface area contributed by atoms with Gasteiger partial charge in [-0.3, -0.25) is 0 Å². The molecule has 0 saturated carbocycles. The van der Waals surface area contributed by atoms with Gasteiger partial charge in [0.25, 0.3) is 0 Å². The molecule has 5 aromatic carbocycles. The molecule has 0 unspecified atom stereocenters. The maximum atomic E-state index is 13.4. The molecule has 1 heterocycles. The third-order valence-electron chi connectivity index (χ3n) is 9.14. The fourth-order valence-corrected chi connectivity index (χ4v) is 6.49. The molecule has 0 atom stereocenters. The van der Waals surface area contributed by atoms with Crippen molar-refractivity contribution in [3.05, 3.63) is 129 Å². The van der Waals surface area contributed by atoms with Crippen molar-refractivity contribution in [3.8, 4) is 46.0 Å². The summed E-state index contributed by atoms with van der Waals surface area (Å²) in [7, 11) is 8.77. The molecule has 1 aliphatic heterocycles. The summed E-state index contributed by atoms with van der Waals surface area (Å²) >= 11 is 0. The van der Waals surface area contributed by atoms with Gasteiger partial charge in [0, 0.05) is 16.7 Å². The highest BCUT2D eigenvalue weighted by Gasteiger charge is 2.48. The number of aryl methyl sites for hydroxylation is 2. The Morgan fingerprint density at radius 3 is 1.30 bits per heavy atom. The number of fused-ring (bicyclic) bond motifs is 1. The molecule has 0 fully saturated rings. The molecule has 0 aliphatic carbocycles. The topological polar surface area (TPSA) is 134 Å². The van der Waals surface area contributed by atoms with Crippen molar-refractivity contribution < 1.29 is 57.0 Å². The summed E-state index contributed by atoms with van der Waals surface area (Å²) in [4.78, 5) is 40.1. The van der Waals surface area contributed by atoms with Crippen LogP contribution in [0.2, 0.25) is 0 Å². The summed E-state index contributed by atoms with van der Waals surface area (Å²) in [6.45, 7) is 3.57. The zero-order chi connectivity index (χ0) is 38.7. The van der Waals surface area contributed by atoms with Gasteiger partial charge < -0.3 is 42.6 Å². The van der Waals surface area contributed by atoms with Crippen LogP contribution in [0, 0.1) is 13.8 Å². The lowest BCUT2D eigenvalue weighted by Crippen LogP contribution is -2.30. The minimum Gasteiger partial charge on any atom is -0.493 e. The molecule has 12 heteroatoms. The molecule has 0 amide bonds. The van der Waals surface area contributed by atoms with Crippen LogP contribution in [0.5, 0.6) is 46.0 Å². The first-order valence-electron chi connectivity index (χ1n) is 16.6. The third-order valence-corrected chi connectivity index (χ3v) is 9.14. The van der Waals surface area contributed by atoms with Crippen molar-refractivity contribution in [2.24, 2.45) is 0 Å². The predicted molar refractivity (Wildman–Crippen MR) is 196 cm³/mol. The highest BCUT2D eigenvalue weighted by atomic mass is 16.6. The van der Waals surface area contributed by atoms with Crippen LogP contribution in [0.4, 0.5) is 0 Å². The van der Waals surface area contributed by atoms with E-state index in [9.17, 15) is 14.4 Å². The van der Waals surface area contributed by atoms with Crippen LogP contribution in [-0.2, 0) is 10.3 Å². The monoisotopic (exact) mass is 734 g/mol. The van der Waals surface area contributed by atoms with Crippen molar-refractivity contribution in [1.29, 1.82) is 0 Å². The van der Waals surface area contributed by atoms with Crippen LogP contribution in [0.25, 0.3) is 0 Å². The van der Waals surface area contributed by atoms with Crippen LogP contribution in [0.15, 0.2) is 84.9 Å². The summed E-state index contributed by atoms with van der Waals surface area (Å²) in [5, 5.41) is 0. The summed E-state index contributed by atoms with van der Waals surface area (Å²) in [6, 6.07) is 23.6. The van der Waals surface area contributed by atoms with E-state index in [-0.39, 0.29) is 22.6 Å². The number of ether oxygens (including phenoxy) is 9. The van der Waals surface area contributed by atoms with Crippen molar-refractivity contribution >= 4 is 17.9 Å². The Bertz CT molecular complexity index is 2100. The van der Waals surface area contributed by atoms with E-state index in [0.717, 1.165) is 0 Å². The molecule has 278 valence electrons. The van der Waals surface area contributed by atoms with E-state index in [1.54, 1.807) is 62.4 Å². The quantitative estimate of drug-likeness (QED) is 0.0944. The van der Waals surface area contributed by atoms with Crippen LogP contribution < -0.4 is 37.9 Å². The van der Waals surface area contributed by atoms with Crippen LogP contribution in [-0.4, -0.2) is 60.6 Å². The average Bonchev–Trinajstić information content (AvgIpc) is 3.50. The second kappa shape index (κ2) is 15.1. The molecular formula is C42H38O12. The molecule has 12 nitrogen and oxygen atoms in total. The van der Waals surface area contributed by atoms with Gasteiger partial charge in [-0.2, -0.15) is 0 Å².